The van der Waals surface area contributed by atoms with E-state index < -0.39 is 6.10 Å². The first-order valence-electron chi connectivity index (χ1n) is 6.09. The van der Waals surface area contributed by atoms with Gasteiger partial charge in [-0.05, 0) is 42.2 Å². The van der Waals surface area contributed by atoms with Crippen LogP contribution in [0.15, 0.2) is 48.5 Å². The lowest BCUT2D eigenvalue weighted by molar-refractivity contribution is 0.199. The summed E-state index contributed by atoms with van der Waals surface area (Å²) in [5.41, 5.74) is 3.44. The molecule has 0 aromatic heterocycles. The molecule has 0 aliphatic heterocycles. The molecule has 2 aromatic carbocycles. The maximum atomic E-state index is 9.45. The van der Waals surface area contributed by atoms with Gasteiger partial charge in [0, 0.05) is 0 Å². The molecule has 2 aromatic rings. The van der Waals surface area contributed by atoms with Gasteiger partial charge in [-0.3, -0.25) is 0 Å². The van der Waals surface area contributed by atoms with Gasteiger partial charge in [0.05, 0.1) is 13.2 Å². The van der Waals surface area contributed by atoms with Crippen molar-refractivity contribution in [1.29, 1.82) is 0 Å². The first kappa shape index (κ1) is 12.7. The number of methoxy groups -OCH3 is 1. The molecule has 1 atom stereocenters. The second-order valence-electron chi connectivity index (χ2n) is 4.44. The Bertz CT molecular complexity index is 484. The third-order valence-electron chi connectivity index (χ3n) is 3.03. The van der Waals surface area contributed by atoms with Gasteiger partial charge >= 0.3 is 0 Å². The molecule has 0 saturated carbocycles. The maximum absolute atomic E-state index is 9.45. The van der Waals surface area contributed by atoms with E-state index in [-0.39, 0.29) is 0 Å². The monoisotopic (exact) mass is 242 g/mol. The SMILES string of the molecule is COc1ccc(Cc2ccc(C(C)O)cc2)cc1. The Morgan fingerprint density at radius 2 is 1.44 bits per heavy atom. The van der Waals surface area contributed by atoms with Gasteiger partial charge in [0.1, 0.15) is 5.75 Å². The smallest absolute Gasteiger partial charge is 0.118 e. The first-order valence-corrected chi connectivity index (χ1v) is 6.09. The first-order chi connectivity index (χ1) is 8.69. The highest BCUT2D eigenvalue weighted by atomic mass is 16.5. The molecule has 0 aliphatic rings. The zero-order chi connectivity index (χ0) is 13.0. The van der Waals surface area contributed by atoms with Crippen LogP contribution in [0, 0.1) is 0 Å². The van der Waals surface area contributed by atoms with E-state index in [0.717, 1.165) is 17.7 Å². The van der Waals surface area contributed by atoms with Gasteiger partial charge in [0.2, 0.25) is 0 Å². The van der Waals surface area contributed by atoms with Gasteiger partial charge < -0.3 is 9.84 Å². The van der Waals surface area contributed by atoms with Crippen LogP contribution in [0.5, 0.6) is 5.75 Å². The lowest BCUT2D eigenvalue weighted by Gasteiger charge is -2.07. The van der Waals surface area contributed by atoms with Crippen LogP contribution in [-0.2, 0) is 6.42 Å². The van der Waals surface area contributed by atoms with Crippen molar-refractivity contribution in [2.24, 2.45) is 0 Å². The van der Waals surface area contributed by atoms with E-state index in [0.29, 0.717) is 0 Å². The standard InChI is InChI=1S/C16H18O2/c1-12(17)15-7-3-13(4-8-15)11-14-5-9-16(18-2)10-6-14/h3-10,12,17H,11H2,1-2H3. The minimum atomic E-state index is -0.403. The Labute approximate surface area is 108 Å². The Hall–Kier alpha value is -1.80. The molecule has 1 unspecified atom stereocenters. The molecule has 0 bridgehead atoms. The Balaban J connectivity index is 2.08. The van der Waals surface area contributed by atoms with Crippen LogP contribution in [-0.4, -0.2) is 12.2 Å². The van der Waals surface area contributed by atoms with Gasteiger partial charge in [0.25, 0.3) is 0 Å². The van der Waals surface area contributed by atoms with Crippen molar-refractivity contribution in [2.45, 2.75) is 19.4 Å². The summed E-state index contributed by atoms with van der Waals surface area (Å²) in [5, 5.41) is 9.45. The lowest BCUT2D eigenvalue weighted by Crippen LogP contribution is -1.93. The third kappa shape index (κ3) is 3.11. The number of benzene rings is 2. The van der Waals surface area contributed by atoms with Crippen LogP contribution >= 0.6 is 0 Å². The minimum absolute atomic E-state index is 0.403. The average molecular weight is 242 g/mol. The van der Waals surface area contributed by atoms with Crippen LogP contribution < -0.4 is 4.74 Å². The van der Waals surface area contributed by atoms with E-state index >= 15 is 0 Å². The van der Waals surface area contributed by atoms with Crippen molar-refractivity contribution in [3.8, 4) is 5.75 Å². The molecule has 2 heteroatoms. The molecular formula is C16H18O2. The van der Waals surface area contributed by atoms with Crippen LogP contribution in [0.4, 0.5) is 0 Å². The molecule has 18 heavy (non-hydrogen) atoms. The number of rotatable bonds is 4. The summed E-state index contributed by atoms with van der Waals surface area (Å²) >= 11 is 0. The van der Waals surface area contributed by atoms with E-state index in [1.165, 1.54) is 11.1 Å². The van der Waals surface area contributed by atoms with E-state index in [9.17, 15) is 5.11 Å². The fourth-order valence-corrected chi connectivity index (χ4v) is 1.89. The fourth-order valence-electron chi connectivity index (χ4n) is 1.89. The molecule has 2 rings (SSSR count). The van der Waals surface area contributed by atoms with E-state index in [4.69, 9.17) is 4.74 Å². The van der Waals surface area contributed by atoms with Crippen LogP contribution in [0.2, 0.25) is 0 Å². The van der Waals surface area contributed by atoms with Crippen LogP contribution in [0.1, 0.15) is 29.7 Å². The number of hydrogen-bond donors (Lipinski definition) is 1. The summed E-state index contributed by atoms with van der Waals surface area (Å²) in [6, 6.07) is 16.2. The Morgan fingerprint density at radius 1 is 0.944 bits per heavy atom. The quantitative estimate of drug-likeness (QED) is 0.891. The summed E-state index contributed by atoms with van der Waals surface area (Å²) in [7, 11) is 1.67. The van der Waals surface area contributed by atoms with Crippen molar-refractivity contribution in [2.75, 3.05) is 7.11 Å². The highest BCUT2D eigenvalue weighted by molar-refractivity contribution is 5.32. The van der Waals surface area contributed by atoms with Gasteiger partial charge in [-0.15, -0.1) is 0 Å². The highest BCUT2D eigenvalue weighted by Gasteiger charge is 2.01. The predicted molar refractivity (Wildman–Crippen MR) is 72.9 cm³/mol. The molecule has 2 nitrogen and oxygen atoms in total. The van der Waals surface area contributed by atoms with Gasteiger partial charge in [-0.1, -0.05) is 36.4 Å². The van der Waals surface area contributed by atoms with Crippen molar-refractivity contribution in [3.05, 3.63) is 65.2 Å². The van der Waals surface area contributed by atoms with Crippen molar-refractivity contribution in [3.63, 3.8) is 0 Å². The maximum Gasteiger partial charge on any atom is 0.118 e. The summed E-state index contributed by atoms with van der Waals surface area (Å²) in [6.45, 7) is 1.78. The van der Waals surface area contributed by atoms with Gasteiger partial charge in [-0.25, -0.2) is 0 Å². The molecular weight excluding hydrogens is 224 g/mol. The largest absolute Gasteiger partial charge is 0.497 e. The van der Waals surface area contributed by atoms with Crippen molar-refractivity contribution >= 4 is 0 Å². The molecule has 94 valence electrons. The lowest BCUT2D eigenvalue weighted by atomic mass is 10.0. The highest BCUT2D eigenvalue weighted by Crippen LogP contribution is 2.17. The van der Waals surface area contributed by atoms with Crippen LogP contribution in [0.3, 0.4) is 0 Å². The minimum Gasteiger partial charge on any atom is -0.497 e. The fraction of sp³-hybridized carbons (Fsp3) is 0.250. The summed E-state index contributed by atoms with van der Waals surface area (Å²) < 4.78 is 5.13. The summed E-state index contributed by atoms with van der Waals surface area (Å²) in [6.07, 6.45) is 0.490. The molecule has 0 radical (unpaired) electrons. The second-order valence-corrected chi connectivity index (χ2v) is 4.44. The molecule has 0 heterocycles. The summed E-state index contributed by atoms with van der Waals surface area (Å²) in [4.78, 5) is 0. The number of aliphatic hydroxyl groups excluding tert-OH is 1. The zero-order valence-corrected chi connectivity index (χ0v) is 10.8. The second kappa shape index (κ2) is 5.69. The van der Waals surface area contributed by atoms with Crippen molar-refractivity contribution in [1.82, 2.24) is 0 Å². The zero-order valence-electron chi connectivity index (χ0n) is 10.8. The molecule has 0 saturated heterocycles. The predicted octanol–water partition coefficient (Wildman–Crippen LogP) is 3.34. The Morgan fingerprint density at radius 3 is 1.89 bits per heavy atom. The normalized spacial score (nSPS) is 12.2. The number of ether oxygens (including phenoxy) is 1. The molecule has 0 fully saturated rings. The topological polar surface area (TPSA) is 29.5 Å². The van der Waals surface area contributed by atoms with Gasteiger partial charge in [0.15, 0.2) is 0 Å². The summed E-state index contributed by atoms with van der Waals surface area (Å²) in [5.74, 6) is 0.878. The van der Waals surface area contributed by atoms with Crippen LogP contribution in [0.25, 0.3) is 0 Å². The number of hydrogen-bond acceptors (Lipinski definition) is 2. The van der Waals surface area contributed by atoms with Gasteiger partial charge in [-0.2, -0.15) is 0 Å². The molecule has 0 amide bonds. The molecule has 0 spiro atoms. The Kier molecular flexibility index (Phi) is 4.00. The van der Waals surface area contributed by atoms with Crippen molar-refractivity contribution < 1.29 is 9.84 Å². The van der Waals surface area contributed by atoms with E-state index in [1.807, 2.05) is 24.3 Å². The number of aliphatic hydroxyl groups is 1. The van der Waals surface area contributed by atoms with E-state index in [1.54, 1.807) is 14.0 Å². The molecule has 0 aliphatic carbocycles. The third-order valence-corrected chi connectivity index (χ3v) is 3.03. The van der Waals surface area contributed by atoms with E-state index in [2.05, 4.69) is 24.3 Å². The molecule has 1 N–H and O–H groups in total. The average Bonchev–Trinajstić information content (AvgIpc) is 2.40.